The highest BCUT2D eigenvalue weighted by molar-refractivity contribution is 7.89. The first-order valence-electron chi connectivity index (χ1n) is 7.27. The second kappa shape index (κ2) is 5.70. The summed E-state index contributed by atoms with van der Waals surface area (Å²) in [5.74, 6) is 0.628. The van der Waals surface area contributed by atoms with Gasteiger partial charge in [-0.15, -0.1) is 0 Å². The summed E-state index contributed by atoms with van der Waals surface area (Å²) in [6, 6.07) is 4.90. The van der Waals surface area contributed by atoms with Gasteiger partial charge in [-0.05, 0) is 42.4 Å². The molecule has 1 fully saturated rings. The van der Waals surface area contributed by atoms with Crippen LogP contribution >= 0.6 is 11.6 Å². The zero-order chi connectivity index (χ0) is 15.9. The van der Waals surface area contributed by atoms with Crippen LogP contribution in [0.25, 0.3) is 0 Å². The molecule has 3 atom stereocenters. The average molecular weight is 340 g/mol. The number of sulfone groups is 1. The van der Waals surface area contributed by atoms with E-state index < -0.39 is 9.84 Å². The summed E-state index contributed by atoms with van der Waals surface area (Å²) < 4.78 is 23.1. The summed E-state index contributed by atoms with van der Waals surface area (Å²) in [7, 11) is -3.18. The number of rotatable bonds is 4. The lowest BCUT2D eigenvalue weighted by Gasteiger charge is -2.19. The van der Waals surface area contributed by atoms with E-state index in [1.54, 1.807) is 18.2 Å². The summed E-state index contributed by atoms with van der Waals surface area (Å²) in [6.45, 7) is 0. The Labute approximate surface area is 135 Å². The molecule has 1 saturated carbocycles. The molecule has 1 aromatic carbocycles. The van der Waals surface area contributed by atoms with E-state index in [0.717, 1.165) is 12.8 Å². The van der Waals surface area contributed by atoms with Gasteiger partial charge in [-0.3, -0.25) is 4.79 Å². The molecule has 1 aromatic rings. The third kappa shape index (κ3) is 3.36. The zero-order valence-corrected chi connectivity index (χ0v) is 13.8. The number of hydrogen-bond donors (Lipinski definition) is 1. The van der Waals surface area contributed by atoms with E-state index in [9.17, 15) is 13.2 Å². The molecule has 118 valence electrons. The third-order valence-electron chi connectivity index (χ3n) is 4.36. The molecule has 3 rings (SSSR count). The number of amides is 1. The van der Waals surface area contributed by atoms with Gasteiger partial charge in [0.2, 0.25) is 5.91 Å². The predicted octanol–water partition coefficient (Wildman–Crippen LogP) is 3.04. The van der Waals surface area contributed by atoms with Crippen LogP contribution < -0.4 is 5.32 Å². The number of halogens is 1. The Bertz CT molecular complexity index is 742. The highest BCUT2D eigenvalue weighted by atomic mass is 35.5. The molecule has 0 saturated heterocycles. The lowest BCUT2D eigenvalue weighted by molar-refractivity contribution is -0.120. The Hall–Kier alpha value is -1.33. The lowest BCUT2D eigenvalue weighted by Crippen LogP contribution is -2.26. The van der Waals surface area contributed by atoms with Crippen molar-refractivity contribution in [1.29, 1.82) is 0 Å². The Morgan fingerprint density at radius 2 is 2.09 bits per heavy atom. The predicted molar refractivity (Wildman–Crippen MR) is 87.5 cm³/mol. The summed E-state index contributed by atoms with van der Waals surface area (Å²) in [4.78, 5) is 12.5. The molecule has 22 heavy (non-hydrogen) atoms. The maximum Gasteiger partial charge on any atom is 0.228 e. The number of anilines is 1. The highest BCUT2D eigenvalue weighted by Crippen LogP contribution is 2.44. The number of carbonyl (C=O) groups excluding carboxylic acids is 1. The zero-order valence-electron chi connectivity index (χ0n) is 12.3. The molecule has 2 bridgehead atoms. The van der Waals surface area contributed by atoms with Gasteiger partial charge < -0.3 is 5.32 Å². The minimum Gasteiger partial charge on any atom is -0.325 e. The smallest absolute Gasteiger partial charge is 0.228 e. The van der Waals surface area contributed by atoms with Crippen LogP contribution in [0.5, 0.6) is 0 Å². The van der Waals surface area contributed by atoms with Crippen molar-refractivity contribution in [2.75, 3.05) is 11.6 Å². The second-order valence-corrected chi connectivity index (χ2v) is 8.82. The van der Waals surface area contributed by atoms with Crippen LogP contribution in [0.15, 0.2) is 30.4 Å². The third-order valence-corrected chi connectivity index (χ3v) is 5.43. The lowest BCUT2D eigenvalue weighted by atomic mass is 9.92. The number of nitrogens with one attached hydrogen (secondary N) is 1. The number of fused-ring (bicyclic) bond motifs is 2. The molecule has 0 spiro atoms. The summed E-state index contributed by atoms with van der Waals surface area (Å²) in [5, 5.41) is 3.35. The normalized spacial score (nSPS) is 26.4. The molecule has 3 unspecified atom stereocenters. The van der Waals surface area contributed by atoms with Crippen LogP contribution in [-0.4, -0.2) is 20.6 Å². The van der Waals surface area contributed by atoms with Gasteiger partial charge in [0.25, 0.3) is 0 Å². The number of hydrogen-bond acceptors (Lipinski definition) is 3. The maximum absolute atomic E-state index is 12.5. The van der Waals surface area contributed by atoms with Gasteiger partial charge >= 0.3 is 0 Å². The van der Waals surface area contributed by atoms with Crippen LogP contribution in [0.1, 0.15) is 18.4 Å². The van der Waals surface area contributed by atoms with E-state index in [2.05, 4.69) is 17.5 Å². The fourth-order valence-corrected chi connectivity index (χ4v) is 4.37. The molecule has 0 aromatic heterocycles. The van der Waals surface area contributed by atoms with E-state index in [4.69, 9.17) is 11.6 Å². The van der Waals surface area contributed by atoms with E-state index in [-0.39, 0.29) is 17.6 Å². The summed E-state index contributed by atoms with van der Waals surface area (Å²) in [5.41, 5.74) is 1.06. The fraction of sp³-hybridized carbons (Fsp3) is 0.438. The van der Waals surface area contributed by atoms with Crippen molar-refractivity contribution in [3.05, 3.63) is 40.9 Å². The first-order valence-corrected chi connectivity index (χ1v) is 9.71. The number of carbonyl (C=O) groups is 1. The average Bonchev–Trinajstić information content (AvgIpc) is 3.03. The van der Waals surface area contributed by atoms with E-state index in [0.29, 0.717) is 28.1 Å². The SMILES string of the molecule is CS(=O)(=O)Cc1ccc(Cl)cc1NC(=O)C1CC2C=CC1C2. The monoisotopic (exact) mass is 339 g/mol. The van der Waals surface area contributed by atoms with Crippen molar-refractivity contribution < 1.29 is 13.2 Å². The Morgan fingerprint density at radius 1 is 1.32 bits per heavy atom. The number of allylic oxidation sites excluding steroid dienone is 2. The largest absolute Gasteiger partial charge is 0.325 e. The van der Waals surface area contributed by atoms with Crippen LogP contribution in [0.4, 0.5) is 5.69 Å². The van der Waals surface area contributed by atoms with Crippen LogP contribution in [-0.2, 0) is 20.4 Å². The Morgan fingerprint density at radius 3 is 2.68 bits per heavy atom. The topological polar surface area (TPSA) is 63.2 Å². The molecule has 0 aliphatic heterocycles. The van der Waals surface area contributed by atoms with Gasteiger partial charge in [0.15, 0.2) is 9.84 Å². The highest BCUT2D eigenvalue weighted by Gasteiger charge is 2.39. The van der Waals surface area contributed by atoms with Gasteiger partial charge in [-0.25, -0.2) is 8.42 Å². The molecule has 6 heteroatoms. The molecule has 4 nitrogen and oxygen atoms in total. The van der Waals surface area contributed by atoms with Gasteiger partial charge in [0.05, 0.1) is 5.75 Å². The van der Waals surface area contributed by atoms with Crippen molar-refractivity contribution in [2.24, 2.45) is 17.8 Å². The minimum atomic E-state index is -3.18. The van der Waals surface area contributed by atoms with E-state index >= 15 is 0 Å². The summed E-state index contributed by atoms with van der Waals surface area (Å²) >= 11 is 5.98. The molecule has 2 aliphatic carbocycles. The van der Waals surface area contributed by atoms with Crippen LogP contribution in [0.2, 0.25) is 5.02 Å². The van der Waals surface area contributed by atoms with Gasteiger partial charge in [-0.2, -0.15) is 0 Å². The minimum absolute atomic E-state index is 0.0277. The summed E-state index contributed by atoms with van der Waals surface area (Å²) in [6.07, 6.45) is 7.39. The van der Waals surface area contributed by atoms with Crippen molar-refractivity contribution in [1.82, 2.24) is 0 Å². The van der Waals surface area contributed by atoms with E-state index in [1.807, 2.05) is 0 Å². The molecular formula is C16H18ClNO3S. The van der Waals surface area contributed by atoms with Gasteiger partial charge in [0, 0.05) is 22.9 Å². The fourth-order valence-electron chi connectivity index (χ4n) is 3.38. The Balaban J connectivity index is 1.80. The first kappa shape index (κ1) is 15.6. The second-order valence-electron chi connectivity index (χ2n) is 6.25. The van der Waals surface area contributed by atoms with Crippen molar-refractivity contribution >= 4 is 33.0 Å². The molecular weight excluding hydrogens is 322 g/mol. The molecule has 0 radical (unpaired) electrons. The van der Waals surface area contributed by atoms with E-state index in [1.165, 1.54) is 6.26 Å². The standard InChI is InChI=1S/C16H18ClNO3S/c1-22(20,21)9-12-4-5-13(17)8-15(12)18-16(19)14-7-10-2-3-11(14)6-10/h2-5,8,10-11,14H,6-7,9H2,1H3,(H,18,19). The quantitative estimate of drug-likeness (QED) is 0.857. The van der Waals surface area contributed by atoms with Gasteiger partial charge in [0.1, 0.15) is 0 Å². The molecule has 0 heterocycles. The van der Waals surface area contributed by atoms with Crippen LogP contribution in [0.3, 0.4) is 0 Å². The first-order chi connectivity index (χ1) is 10.3. The molecule has 1 N–H and O–H groups in total. The molecule has 1 amide bonds. The van der Waals surface area contributed by atoms with Crippen molar-refractivity contribution in [2.45, 2.75) is 18.6 Å². The van der Waals surface area contributed by atoms with Gasteiger partial charge in [-0.1, -0.05) is 29.8 Å². The maximum atomic E-state index is 12.5. The van der Waals surface area contributed by atoms with Crippen LogP contribution in [0, 0.1) is 17.8 Å². The van der Waals surface area contributed by atoms with Crippen molar-refractivity contribution in [3.8, 4) is 0 Å². The Kier molecular flexibility index (Phi) is 4.03. The number of benzene rings is 1. The molecule has 2 aliphatic rings. The van der Waals surface area contributed by atoms with Crippen molar-refractivity contribution in [3.63, 3.8) is 0 Å².